The molecule has 0 aliphatic heterocycles. The Morgan fingerprint density at radius 3 is 1.72 bits per heavy atom. The number of hydrogen-bond acceptors (Lipinski definition) is 8. The van der Waals surface area contributed by atoms with E-state index in [1.807, 2.05) is 0 Å². The van der Waals surface area contributed by atoms with Gasteiger partial charge in [0.25, 0.3) is 5.69 Å². The van der Waals surface area contributed by atoms with Crippen LogP contribution in [-0.4, -0.2) is 20.8 Å². The first kappa shape index (κ1) is 12.9. The maximum absolute atomic E-state index is 10.7. The number of nitrogens with one attached hydrogen (secondary N) is 1. The molecule has 1 N–H and O–H groups in total. The van der Waals surface area contributed by atoms with Crippen LogP contribution in [0, 0.1) is 35.8 Å². The van der Waals surface area contributed by atoms with Crippen molar-refractivity contribution in [2.75, 3.05) is 0 Å². The molecular formula is C7H3N5O6. The van der Waals surface area contributed by atoms with E-state index in [1.165, 1.54) is 6.01 Å². The first-order valence-corrected chi connectivity index (χ1v) is 4.12. The number of nitro benzene ring substituents is 3. The van der Waals surface area contributed by atoms with Gasteiger partial charge in [-0.05, 0) is 0 Å². The molecule has 0 unspecified atom stereocenters. The van der Waals surface area contributed by atoms with Crippen molar-refractivity contribution in [1.82, 2.24) is 0 Å². The molecule has 0 amide bonds. The number of nitro groups is 3. The van der Waals surface area contributed by atoms with Gasteiger partial charge in [0.15, 0.2) is 0 Å². The summed E-state index contributed by atoms with van der Waals surface area (Å²) < 4.78 is 0. The zero-order valence-corrected chi connectivity index (χ0v) is 8.39. The van der Waals surface area contributed by atoms with Gasteiger partial charge in [-0.1, -0.05) is 0 Å². The molecule has 0 fully saturated rings. The summed E-state index contributed by atoms with van der Waals surface area (Å²) in [5.41, 5.74) is -3.44. The second-order valence-corrected chi connectivity index (χ2v) is 2.83. The summed E-state index contributed by atoms with van der Waals surface area (Å²) in [4.78, 5) is 31.8. The smallest absolute Gasteiger partial charge is 0.258 e. The van der Waals surface area contributed by atoms with E-state index in [9.17, 15) is 30.3 Å². The Labute approximate surface area is 97.3 Å². The average molecular weight is 253 g/mol. The Bertz CT molecular complexity index is 569. The molecule has 0 atom stereocenters. The van der Waals surface area contributed by atoms with Crippen LogP contribution in [0.1, 0.15) is 0 Å². The molecule has 1 aromatic rings. The molecule has 18 heavy (non-hydrogen) atoms. The van der Waals surface area contributed by atoms with E-state index in [0.717, 1.165) is 0 Å². The van der Waals surface area contributed by atoms with Crippen LogP contribution in [0.2, 0.25) is 0 Å². The lowest BCUT2D eigenvalue weighted by molar-refractivity contribution is -0.402. The van der Waals surface area contributed by atoms with Crippen molar-refractivity contribution in [3.8, 4) is 0 Å². The predicted molar refractivity (Wildman–Crippen MR) is 56.2 cm³/mol. The van der Waals surface area contributed by atoms with Crippen LogP contribution in [0.25, 0.3) is 0 Å². The minimum atomic E-state index is -1.06. The minimum absolute atomic E-state index is 0.531. The van der Waals surface area contributed by atoms with Crippen molar-refractivity contribution in [3.63, 3.8) is 0 Å². The third-order valence-corrected chi connectivity index (χ3v) is 1.83. The third kappa shape index (κ3) is 2.31. The molecule has 0 aromatic heterocycles. The SMILES string of the molecule is N=C=Nc1c([N+](=O)[O-])cc([N+](=O)[O-])cc1[N+](=O)[O-]. The van der Waals surface area contributed by atoms with Gasteiger partial charge in [0.05, 0.1) is 32.9 Å². The van der Waals surface area contributed by atoms with Crippen molar-refractivity contribution >= 4 is 28.8 Å². The zero-order valence-electron chi connectivity index (χ0n) is 8.39. The number of non-ortho nitro benzene ring substituents is 1. The first-order valence-electron chi connectivity index (χ1n) is 4.12. The van der Waals surface area contributed by atoms with E-state index >= 15 is 0 Å². The van der Waals surface area contributed by atoms with Crippen LogP contribution < -0.4 is 0 Å². The maximum atomic E-state index is 10.7. The van der Waals surface area contributed by atoms with Crippen LogP contribution >= 0.6 is 0 Å². The van der Waals surface area contributed by atoms with Crippen molar-refractivity contribution in [1.29, 1.82) is 5.41 Å². The topological polar surface area (TPSA) is 166 Å². The largest absolute Gasteiger partial charge is 0.309 e. The fraction of sp³-hybridized carbons (Fsp3) is 0. The Morgan fingerprint density at radius 1 is 1.00 bits per heavy atom. The summed E-state index contributed by atoms with van der Waals surface area (Å²) in [5, 5.41) is 38.4. The molecule has 0 heterocycles. The second-order valence-electron chi connectivity index (χ2n) is 2.83. The van der Waals surface area contributed by atoms with Gasteiger partial charge >= 0.3 is 11.4 Å². The summed E-state index contributed by atoms with van der Waals surface area (Å²) in [7, 11) is 0. The molecule has 0 aliphatic carbocycles. The number of benzene rings is 1. The molecule has 1 aromatic carbocycles. The summed E-state index contributed by atoms with van der Waals surface area (Å²) in [6, 6.07) is 2.48. The third-order valence-electron chi connectivity index (χ3n) is 1.83. The maximum Gasteiger partial charge on any atom is 0.309 e. The second kappa shape index (κ2) is 4.76. The van der Waals surface area contributed by atoms with Gasteiger partial charge in [0.1, 0.15) is 0 Å². The lowest BCUT2D eigenvalue weighted by Gasteiger charge is -1.98. The summed E-state index contributed by atoms with van der Waals surface area (Å²) in [6.45, 7) is 0. The van der Waals surface area contributed by atoms with Gasteiger partial charge in [-0.3, -0.25) is 30.3 Å². The monoisotopic (exact) mass is 253 g/mol. The summed E-state index contributed by atoms with van der Waals surface area (Å²) in [5.74, 6) is 0. The van der Waals surface area contributed by atoms with Crippen molar-refractivity contribution in [2.24, 2.45) is 4.99 Å². The van der Waals surface area contributed by atoms with Crippen LogP contribution in [0.5, 0.6) is 0 Å². The van der Waals surface area contributed by atoms with Crippen LogP contribution in [0.3, 0.4) is 0 Å². The lowest BCUT2D eigenvalue weighted by Crippen LogP contribution is -1.97. The minimum Gasteiger partial charge on any atom is -0.258 e. The van der Waals surface area contributed by atoms with Crippen molar-refractivity contribution < 1.29 is 14.8 Å². The van der Waals surface area contributed by atoms with Gasteiger partial charge < -0.3 is 0 Å². The molecule has 11 heteroatoms. The van der Waals surface area contributed by atoms with E-state index < -0.39 is 37.5 Å². The molecule has 0 spiro atoms. The Morgan fingerprint density at radius 2 is 1.44 bits per heavy atom. The van der Waals surface area contributed by atoms with Crippen molar-refractivity contribution in [3.05, 3.63) is 42.5 Å². The van der Waals surface area contributed by atoms with Gasteiger partial charge in [0.2, 0.25) is 5.69 Å². The Balaban J connectivity index is 3.76. The molecule has 1 rings (SSSR count). The van der Waals surface area contributed by atoms with Crippen LogP contribution in [0.15, 0.2) is 17.1 Å². The van der Waals surface area contributed by atoms with Crippen LogP contribution in [0.4, 0.5) is 22.7 Å². The molecule has 0 radical (unpaired) electrons. The fourth-order valence-corrected chi connectivity index (χ4v) is 1.14. The molecule has 0 aliphatic rings. The quantitative estimate of drug-likeness (QED) is 0.487. The standard InChI is InChI=1S/C7H3N5O6/c8-3-9-7-5(11(15)16)1-4(10(13)14)2-6(7)12(17)18/h1-2,8H. The van der Waals surface area contributed by atoms with E-state index in [2.05, 4.69) is 4.99 Å². The highest BCUT2D eigenvalue weighted by atomic mass is 16.6. The van der Waals surface area contributed by atoms with E-state index in [4.69, 9.17) is 5.41 Å². The lowest BCUT2D eigenvalue weighted by atomic mass is 10.2. The number of rotatable bonds is 4. The summed E-state index contributed by atoms with van der Waals surface area (Å²) >= 11 is 0. The number of hydrogen-bond donors (Lipinski definition) is 1. The van der Waals surface area contributed by atoms with Gasteiger partial charge in [0, 0.05) is 0 Å². The highest BCUT2D eigenvalue weighted by Gasteiger charge is 2.30. The Hall–Kier alpha value is -3.20. The van der Waals surface area contributed by atoms with E-state index in [0.29, 0.717) is 12.1 Å². The van der Waals surface area contributed by atoms with Crippen LogP contribution in [-0.2, 0) is 0 Å². The Kier molecular flexibility index (Phi) is 3.40. The normalized spacial score (nSPS) is 9.33. The number of aliphatic imine (C=N–C) groups is 1. The first-order chi connectivity index (χ1) is 8.38. The van der Waals surface area contributed by atoms with Gasteiger partial charge in [-0.25, -0.2) is 5.41 Å². The predicted octanol–water partition coefficient (Wildman–Crippen LogP) is 1.80. The van der Waals surface area contributed by atoms with Crippen molar-refractivity contribution in [2.45, 2.75) is 0 Å². The van der Waals surface area contributed by atoms with E-state index in [-0.39, 0.29) is 0 Å². The highest BCUT2D eigenvalue weighted by molar-refractivity contribution is 5.76. The zero-order chi connectivity index (χ0) is 13.9. The van der Waals surface area contributed by atoms with E-state index in [1.54, 1.807) is 0 Å². The van der Waals surface area contributed by atoms with Gasteiger partial charge in [-0.2, -0.15) is 4.99 Å². The molecule has 0 saturated heterocycles. The average Bonchev–Trinajstić information content (AvgIpc) is 2.28. The molecule has 0 saturated carbocycles. The fourth-order valence-electron chi connectivity index (χ4n) is 1.14. The molecule has 92 valence electrons. The van der Waals surface area contributed by atoms with Gasteiger partial charge in [-0.15, -0.1) is 0 Å². The summed E-state index contributed by atoms with van der Waals surface area (Å²) in [6.07, 6.45) is 0. The number of nitrogens with zero attached hydrogens (tertiary/aromatic N) is 4. The highest BCUT2D eigenvalue weighted by Crippen LogP contribution is 2.40. The molecule has 0 bridgehead atoms. The molecular weight excluding hydrogens is 250 g/mol. The molecule has 11 nitrogen and oxygen atoms in total.